The Balaban J connectivity index is 2.79. The molecular formula is C20H30O8. The SMILES string of the molecule is O=C(O)c1cc(C(=O)O)c(COCCCCCO)cc1COCCCCCO. The van der Waals surface area contributed by atoms with Gasteiger partial charge in [-0.15, -0.1) is 0 Å². The number of rotatable bonds is 16. The minimum atomic E-state index is -1.21. The molecule has 8 nitrogen and oxygen atoms in total. The highest BCUT2D eigenvalue weighted by Gasteiger charge is 2.19. The number of hydrogen-bond donors (Lipinski definition) is 4. The van der Waals surface area contributed by atoms with Crippen molar-refractivity contribution in [3.05, 3.63) is 34.4 Å². The van der Waals surface area contributed by atoms with E-state index < -0.39 is 11.9 Å². The molecule has 1 aromatic rings. The van der Waals surface area contributed by atoms with Gasteiger partial charge in [0.2, 0.25) is 0 Å². The Bertz CT molecular complexity index is 565. The van der Waals surface area contributed by atoms with Gasteiger partial charge in [0, 0.05) is 26.4 Å². The number of aliphatic hydroxyl groups excluding tert-OH is 2. The Hall–Kier alpha value is -2.00. The number of unbranched alkanes of at least 4 members (excludes halogenated alkanes) is 4. The van der Waals surface area contributed by atoms with Gasteiger partial charge in [0.15, 0.2) is 0 Å². The summed E-state index contributed by atoms with van der Waals surface area (Å²) in [6.45, 7) is 1.23. The monoisotopic (exact) mass is 398 g/mol. The lowest BCUT2D eigenvalue weighted by atomic mass is 9.98. The van der Waals surface area contributed by atoms with Crippen LogP contribution in [0.2, 0.25) is 0 Å². The first-order valence-corrected chi connectivity index (χ1v) is 9.50. The van der Waals surface area contributed by atoms with Crippen LogP contribution in [0.25, 0.3) is 0 Å². The van der Waals surface area contributed by atoms with Crippen molar-refractivity contribution in [1.82, 2.24) is 0 Å². The zero-order valence-electron chi connectivity index (χ0n) is 16.1. The largest absolute Gasteiger partial charge is 0.478 e. The van der Waals surface area contributed by atoms with Gasteiger partial charge < -0.3 is 29.9 Å². The molecule has 0 fully saturated rings. The number of carboxylic acids is 2. The summed E-state index contributed by atoms with van der Waals surface area (Å²) in [7, 11) is 0. The molecule has 0 bridgehead atoms. The Kier molecular flexibility index (Phi) is 12.1. The van der Waals surface area contributed by atoms with E-state index in [4.69, 9.17) is 19.7 Å². The Morgan fingerprint density at radius 2 is 1.11 bits per heavy atom. The number of hydrogen-bond acceptors (Lipinski definition) is 6. The van der Waals surface area contributed by atoms with Crippen LogP contribution in [0.1, 0.15) is 70.4 Å². The third-order valence-electron chi connectivity index (χ3n) is 4.20. The molecule has 4 N–H and O–H groups in total. The van der Waals surface area contributed by atoms with E-state index in [2.05, 4.69) is 0 Å². The second-order valence-corrected chi connectivity index (χ2v) is 6.45. The number of aliphatic hydroxyl groups is 2. The van der Waals surface area contributed by atoms with E-state index in [-0.39, 0.29) is 37.6 Å². The van der Waals surface area contributed by atoms with Crippen molar-refractivity contribution in [2.75, 3.05) is 26.4 Å². The van der Waals surface area contributed by atoms with Gasteiger partial charge in [-0.3, -0.25) is 0 Å². The fourth-order valence-electron chi connectivity index (χ4n) is 2.68. The first-order valence-electron chi connectivity index (χ1n) is 9.50. The molecule has 0 aliphatic carbocycles. The summed E-state index contributed by atoms with van der Waals surface area (Å²) in [5.41, 5.74) is 0.607. The third-order valence-corrected chi connectivity index (χ3v) is 4.20. The van der Waals surface area contributed by atoms with Gasteiger partial charge in [0.25, 0.3) is 0 Å². The van der Waals surface area contributed by atoms with Gasteiger partial charge in [-0.2, -0.15) is 0 Å². The molecular weight excluding hydrogens is 368 g/mol. The standard InChI is InChI=1S/C20H30O8/c21-7-3-1-5-9-27-13-15-11-16(14-28-10-6-2-4-8-22)18(20(25)26)12-17(15)19(23)24/h11-12,21-22H,1-10,13-14H2,(H,23,24)(H,25,26). The lowest BCUT2D eigenvalue weighted by molar-refractivity contribution is 0.0682. The van der Waals surface area contributed by atoms with Crippen LogP contribution < -0.4 is 0 Å². The number of benzene rings is 1. The summed E-state index contributed by atoms with van der Waals surface area (Å²) < 4.78 is 11.1. The van der Waals surface area contributed by atoms with E-state index >= 15 is 0 Å². The van der Waals surface area contributed by atoms with E-state index in [1.165, 1.54) is 6.07 Å². The highest BCUT2D eigenvalue weighted by molar-refractivity contribution is 5.96. The van der Waals surface area contributed by atoms with E-state index in [0.29, 0.717) is 37.2 Å². The predicted molar refractivity (Wildman–Crippen MR) is 102 cm³/mol. The van der Waals surface area contributed by atoms with Crippen LogP contribution >= 0.6 is 0 Å². The quantitative estimate of drug-likeness (QED) is 0.312. The molecule has 0 amide bonds. The molecule has 0 saturated heterocycles. The van der Waals surface area contributed by atoms with Gasteiger partial charge in [0.1, 0.15) is 0 Å². The molecule has 8 heteroatoms. The highest BCUT2D eigenvalue weighted by Crippen LogP contribution is 2.20. The molecule has 0 aliphatic rings. The van der Waals surface area contributed by atoms with E-state index in [1.54, 1.807) is 0 Å². The molecule has 0 aliphatic heterocycles. The van der Waals surface area contributed by atoms with E-state index in [0.717, 1.165) is 31.7 Å². The summed E-state index contributed by atoms with van der Waals surface area (Å²) in [4.78, 5) is 23.0. The summed E-state index contributed by atoms with van der Waals surface area (Å²) >= 11 is 0. The number of carbonyl (C=O) groups is 2. The normalized spacial score (nSPS) is 10.9. The first-order chi connectivity index (χ1) is 13.5. The van der Waals surface area contributed by atoms with Crippen molar-refractivity contribution in [2.45, 2.75) is 51.7 Å². The zero-order valence-corrected chi connectivity index (χ0v) is 16.1. The fraction of sp³-hybridized carbons (Fsp3) is 0.600. The van der Waals surface area contributed by atoms with Crippen molar-refractivity contribution >= 4 is 11.9 Å². The van der Waals surface area contributed by atoms with Crippen molar-refractivity contribution < 1.29 is 39.5 Å². The molecule has 0 spiro atoms. The van der Waals surface area contributed by atoms with Gasteiger partial charge in [-0.05, 0) is 61.8 Å². The average Bonchev–Trinajstić information content (AvgIpc) is 2.66. The van der Waals surface area contributed by atoms with E-state index in [9.17, 15) is 19.8 Å². The maximum absolute atomic E-state index is 11.5. The van der Waals surface area contributed by atoms with Crippen LogP contribution in [0.15, 0.2) is 12.1 Å². The highest BCUT2D eigenvalue weighted by atomic mass is 16.5. The average molecular weight is 398 g/mol. The second-order valence-electron chi connectivity index (χ2n) is 6.45. The van der Waals surface area contributed by atoms with Gasteiger partial charge in [-0.1, -0.05) is 0 Å². The van der Waals surface area contributed by atoms with Crippen molar-refractivity contribution in [3.8, 4) is 0 Å². The molecule has 0 saturated carbocycles. The minimum absolute atomic E-state index is 0.0597. The van der Waals surface area contributed by atoms with Crippen molar-refractivity contribution in [1.29, 1.82) is 0 Å². The van der Waals surface area contributed by atoms with Gasteiger partial charge in [-0.25, -0.2) is 9.59 Å². The van der Waals surface area contributed by atoms with Crippen LogP contribution in [0.4, 0.5) is 0 Å². The molecule has 0 radical (unpaired) electrons. The molecule has 1 rings (SSSR count). The topological polar surface area (TPSA) is 134 Å². The lowest BCUT2D eigenvalue weighted by Gasteiger charge is -2.13. The van der Waals surface area contributed by atoms with Gasteiger partial charge >= 0.3 is 11.9 Å². The Morgan fingerprint density at radius 1 is 0.679 bits per heavy atom. The Labute approximate surface area is 164 Å². The van der Waals surface area contributed by atoms with E-state index in [1.807, 2.05) is 0 Å². The van der Waals surface area contributed by atoms with Crippen molar-refractivity contribution in [3.63, 3.8) is 0 Å². The Morgan fingerprint density at radius 3 is 1.46 bits per heavy atom. The smallest absolute Gasteiger partial charge is 0.336 e. The van der Waals surface area contributed by atoms with Crippen LogP contribution in [-0.4, -0.2) is 58.8 Å². The molecule has 1 aromatic carbocycles. The molecule has 0 unspecified atom stereocenters. The second kappa shape index (κ2) is 14.1. The van der Waals surface area contributed by atoms with Gasteiger partial charge in [0.05, 0.1) is 24.3 Å². The molecule has 0 aromatic heterocycles. The summed E-state index contributed by atoms with van der Waals surface area (Å²) in [5.74, 6) is -2.42. The third kappa shape index (κ3) is 8.79. The number of carboxylic acid groups (broad SMARTS) is 2. The fourth-order valence-corrected chi connectivity index (χ4v) is 2.68. The van der Waals surface area contributed by atoms with Crippen LogP contribution in [0, 0.1) is 0 Å². The molecule has 158 valence electrons. The van der Waals surface area contributed by atoms with Crippen LogP contribution in [0.5, 0.6) is 0 Å². The zero-order chi connectivity index (χ0) is 20.8. The minimum Gasteiger partial charge on any atom is -0.478 e. The maximum atomic E-state index is 11.5. The summed E-state index contributed by atoms with van der Waals surface area (Å²) in [6.07, 6.45) is 4.51. The summed E-state index contributed by atoms with van der Waals surface area (Å²) in [5, 5.41) is 36.3. The van der Waals surface area contributed by atoms with Crippen LogP contribution in [0.3, 0.4) is 0 Å². The number of aromatic carboxylic acids is 2. The lowest BCUT2D eigenvalue weighted by Crippen LogP contribution is -2.12. The maximum Gasteiger partial charge on any atom is 0.336 e. The first kappa shape index (κ1) is 24.0. The number of ether oxygens (including phenoxy) is 2. The summed E-state index contributed by atoms with van der Waals surface area (Å²) in [6, 6.07) is 2.67. The molecule has 0 atom stereocenters. The predicted octanol–water partition coefficient (Wildman–Crippen LogP) is 2.44. The molecule has 28 heavy (non-hydrogen) atoms. The van der Waals surface area contributed by atoms with Crippen LogP contribution in [-0.2, 0) is 22.7 Å². The van der Waals surface area contributed by atoms with Crippen molar-refractivity contribution in [2.24, 2.45) is 0 Å². The molecule has 0 heterocycles.